The van der Waals surface area contributed by atoms with Crippen molar-refractivity contribution in [3.8, 4) is 0 Å². The number of nitrogens with one attached hydrogen (secondary N) is 1. The molecule has 4 nitrogen and oxygen atoms in total. The summed E-state index contributed by atoms with van der Waals surface area (Å²) in [5, 5.41) is 3.96. The summed E-state index contributed by atoms with van der Waals surface area (Å²) in [5.74, 6) is 0.620. The zero-order valence-electron chi connectivity index (χ0n) is 10.8. The number of aromatic nitrogens is 1. The molecule has 1 aromatic heterocycles. The molecular formula is C15H17N3O. The SMILES string of the molecule is O=C(Nc1ccc2ccccc2n1)N1CCCCC1. The third-order valence-electron chi connectivity index (χ3n) is 3.48. The number of piperidine rings is 1. The van der Waals surface area contributed by atoms with Crippen LogP contribution in [-0.2, 0) is 0 Å². The molecule has 98 valence electrons. The molecule has 0 unspecified atom stereocenters. The molecule has 1 N–H and O–H groups in total. The monoisotopic (exact) mass is 255 g/mol. The van der Waals surface area contributed by atoms with Gasteiger partial charge in [0.15, 0.2) is 0 Å². The van der Waals surface area contributed by atoms with Gasteiger partial charge in [-0.1, -0.05) is 18.2 Å². The van der Waals surface area contributed by atoms with E-state index >= 15 is 0 Å². The summed E-state index contributed by atoms with van der Waals surface area (Å²) in [6.07, 6.45) is 3.41. The Kier molecular flexibility index (Phi) is 3.31. The highest BCUT2D eigenvalue weighted by Gasteiger charge is 2.16. The van der Waals surface area contributed by atoms with Crippen molar-refractivity contribution in [2.24, 2.45) is 0 Å². The van der Waals surface area contributed by atoms with Crippen LogP contribution in [0.15, 0.2) is 36.4 Å². The number of urea groups is 1. The fourth-order valence-electron chi connectivity index (χ4n) is 2.42. The molecule has 1 aliphatic rings. The predicted octanol–water partition coefficient (Wildman–Crippen LogP) is 3.25. The van der Waals surface area contributed by atoms with Crippen molar-refractivity contribution in [1.82, 2.24) is 9.88 Å². The maximum atomic E-state index is 12.1. The second-order valence-electron chi connectivity index (χ2n) is 4.87. The number of rotatable bonds is 1. The summed E-state index contributed by atoms with van der Waals surface area (Å²) in [5.41, 5.74) is 0.902. The summed E-state index contributed by atoms with van der Waals surface area (Å²) in [4.78, 5) is 18.4. The lowest BCUT2D eigenvalue weighted by molar-refractivity contribution is 0.200. The molecule has 2 amide bonds. The first-order valence-corrected chi connectivity index (χ1v) is 6.75. The first-order chi connectivity index (χ1) is 9.33. The van der Waals surface area contributed by atoms with Gasteiger partial charge in [0.25, 0.3) is 0 Å². The smallest absolute Gasteiger partial charge is 0.323 e. The number of nitrogens with zero attached hydrogens (tertiary/aromatic N) is 2. The van der Waals surface area contributed by atoms with Gasteiger partial charge in [0.2, 0.25) is 0 Å². The van der Waals surface area contributed by atoms with Crippen LogP contribution in [0.1, 0.15) is 19.3 Å². The normalized spacial score (nSPS) is 15.5. The number of hydrogen-bond acceptors (Lipinski definition) is 2. The molecule has 2 heterocycles. The quantitative estimate of drug-likeness (QED) is 0.850. The number of hydrogen-bond donors (Lipinski definition) is 1. The number of anilines is 1. The number of carbonyl (C=O) groups is 1. The Balaban J connectivity index is 1.75. The molecule has 2 aromatic rings. The molecule has 4 heteroatoms. The van der Waals surface area contributed by atoms with E-state index in [1.807, 2.05) is 41.3 Å². The Morgan fingerprint density at radius 1 is 1.05 bits per heavy atom. The maximum Gasteiger partial charge on any atom is 0.323 e. The van der Waals surface area contributed by atoms with Crippen LogP contribution in [0.4, 0.5) is 10.6 Å². The minimum atomic E-state index is -0.0394. The first kappa shape index (κ1) is 12.0. The highest BCUT2D eigenvalue weighted by Crippen LogP contribution is 2.16. The van der Waals surface area contributed by atoms with E-state index in [-0.39, 0.29) is 6.03 Å². The van der Waals surface area contributed by atoms with Gasteiger partial charge in [-0.15, -0.1) is 0 Å². The van der Waals surface area contributed by atoms with Gasteiger partial charge in [0.05, 0.1) is 5.52 Å². The number of para-hydroxylation sites is 1. The van der Waals surface area contributed by atoms with E-state index in [1.165, 1.54) is 6.42 Å². The molecule has 1 aliphatic heterocycles. The van der Waals surface area contributed by atoms with Gasteiger partial charge in [0.1, 0.15) is 5.82 Å². The van der Waals surface area contributed by atoms with E-state index in [1.54, 1.807) is 0 Å². The summed E-state index contributed by atoms with van der Waals surface area (Å²) in [7, 11) is 0. The number of likely N-dealkylation sites (tertiary alicyclic amines) is 1. The average Bonchev–Trinajstić information content (AvgIpc) is 2.48. The molecule has 0 spiro atoms. The fourth-order valence-corrected chi connectivity index (χ4v) is 2.42. The van der Waals surface area contributed by atoms with Crippen molar-refractivity contribution in [2.45, 2.75) is 19.3 Å². The van der Waals surface area contributed by atoms with Gasteiger partial charge in [-0.05, 0) is 37.5 Å². The van der Waals surface area contributed by atoms with E-state index < -0.39 is 0 Å². The van der Waals surface area contributed by atoms with Gasteiger partial charge in [-0.2, -0.15) is 0 Å². The summed E-state index contributed by atoms with van der Waals surface area (Å²) >= 11 is 0. The summed E-state index contributed by atoms with van der Waals surface area (Å²) in [6.45, 7) is 1.69. The van der Waals surface area contributed by atoms with Crippen molar-refractivity contribution in [1.29, 1.82) is 0 Å². The Morgan fingerprint density at radius 3 is 2.68 bits per heavy atom. The van der Waals surface area contributed by atoms with Crippen LogP contribution < -0.4 is 5.32 Å². The van der Waals surface area contributed by atoms with Crippen LogP contribution in [0.25, 0.3) is 10.9 Å². The highest BCUT2D eigenvalue weighted by atomic mass is 16.2. The van der Waals surface area contributed by atoms with Gasteiger partial charge in [0, 0.05) is 18.5 Å². The third kappa shape index (κ3) is 2.67. The van der Waals surface area contributed by atoms with Crippen LogP contribution in [0.5, 0.6) is 0 Å². The zero-order valence-corrected chi connectivity index (χ0v) is 10.8. The number of fused-ring (bicyclic) bond motifs is 1. The second-order valence-corrected chi connectivity index (χ2v) is 4.87. The van der Waals surface area contributed by atoms with Gasteiger partial charge in [-0.3, -0.25) is 5.32 Å². The Hall–Kier alpha value is -2.10. The third-order valence-corrected chi connectivity index (χ3v) is 3.48. The average molecular weight is 255 g/mol. The van der Waals surface area contributed by atoms with E-state index in [4.69, 9.17) is 0 Å². The number of benzene rings is 1. The van der Waals surface area contributed by atoms with Crippen LogP contribution >= 0.6 is 0 Å². The molecule has 0 radical (unpaired) electrons. The molecular weight excluding hydrogens is 238 g/mol. The summed E-state index contributed by atoms with van der Waals surface area (Å²) < 4.78 is 0. The Morgan fingerprint density at radius 2 is 1.84 bits per heavy atom. The predicted molar refractivity (Wildman–Crippen MR) is 76.2 cm³/mol. The topological polar surface area (TPSA) is 45.2 Å². The van der Waals surface area contributed by atoms with Gasteiger partial charge >= 0.3 is 6.03 Å². The molecule has 1 fully saturated rings. The van der Waals surface area contributed by atoms with Crippen LogP contribution in [-0.4, -0.2) is 29.0 Å². The van der Waals surface area contributed by atoms with Crippen molar-refractivity contribution >= 4 is 22.8 Å². The highest BCUT2D eigenvalue weighted by molar-refractivity contribution is 5.90. The molecule has 19 heavy (non-hydrogen) atoms. The van der Waals surface area contributed by atoms with Crippen LogP contribution in [0.2, 0.25) is 0 Å². The molecule has 0 atom stereocenters. The fraction of sp³-hybridized carbons (Fsp3) is 0.333. The maximum absolute atomic E-state index is 12.1. The molecule has 1 aromatic carbocycles. The molecule has 0 bridgehead atoms. The van der Waals surface area contributed by atoms with Crippen molar-refractivity contribution in [2.75, 3.05) is 18.4 Å². The molecule has 3 rings (SSSR count). The van der Waals surface area contributed by atoms with E-state index in [0.29, 0.717) is 5.82 Å². The Labute approximate surface area is 112 Å². The molecule has 1 saturated heterocycles. The van der Waals surface area contributed by atoms with E-state index in [2.05, 4.69) is 10.3 Å². The Bertz CT molecular complexity index is 591. The molecule has 0 aliphatic carbocycles. The number of carbonyl (C=O) groups excluding carboxylic acids is 1. The molecule has 0 saturated carbocycles. The van der Waals surface area contributed by atoms with Gasteiger partial charge < -0.3 is 4.90 Å². The zero-order chi connectivity index (χ0) is 13.1. The van der Waals surface area contributed by atoms with E-state index in [9.17, 15) is 4.79 Å². The first-order valence-electron chi connectivity index (χ1n) is 6.75. The minimum absolute atomic E-state index is 0.0394. The van der Waals surface area contributed by atoms with Gasteiger partial charge in [-0.25, -0.2) is 9.78 Å². The largest absolute Gasteiger partial charge is 0.325 e. The van der Waals surface area contributed by atoms with Crippen LogP contribution in [0.3, 0.4) is 0 Å². The lowest BCUT2D eigenvalue weighted by atomic mass is 10.1. The standard InChI is InChI=1S/C15H17N3O/c19-15(18-10-4-1-5-11-18)17-14-9-8-12-6-2-3-7-13(12)16-14/h2-3,6-9H,1,4-5,10-11H2,(H,16,17,19). The van der Waals surface area contributed by atoms with Crippen molar-refractivity contribution in [3.05, 3.63) is 36.4 Å². The number of amides is 2. The second kappa shape index (κ2) is 5.26. The lowest BCUT2D eigenvalue weighted by Crippen LogP contribution is -2.38. The van der Waals surface area contributed by atoms with Crippen molar-refractivity contribution < 1.29 is 4.79 Å². The van der Waals surface area contributed by atoms with Crippen molar-refractivity contribution in [3.63, 3.8) is 0 Å². The van der Waals surface area contributed by atoms with Crippen LogP contribution in [0, 0.1) is 0 Å². The number of pyridine rings is 1. The lowest BCUT2D eigenvalue weighted by Gasteiger charge is -2.26. The van der Waals surface area contributed by atoms with E-state index in [0.717, 1.165) is 36.8 Å². The minimum Gasteiger partial charge on any atom is -0.325 e. The summed E-state index contributed by atoms with van der Waals surface area (Å²) in [6, 6.07) is 11.7.